The third-order valence-corrected chi connectivity index (χ3v) is 8.14. The number of halogens is 2. The van der Waals surface area contributed by atoms with Crippen LogP contribution >= 0.6 is 27.3 Å². The Morgan fingerprint density at radius 3 is 2.73 bits per heavy atom. The van der Waals surface area contributed by atoms with Gasteiger partial charge in [0.15, 0.2) is 0 Å². The molecule has 2 aromatic heterocycles. The summed E-state index contributed by atoms with van der Waals surface area (Å²) in [5.74, 6) is 0.939. The van der Waals surface area contributed by atoms with Crippen LogP contribution in [0.2, 0.25) is 0 Å². The van der Waals surface area contributed by atoms with Crippen LogP contribution in [-0.2, 0) is 27.8 Å². The lowest BCUT2D eigenvalue weighted by atomic mass is 10.1. The van der Waals surface area contributed by atoms with Gasteiger partial charge in [0.05, 0.1) is 34.6 Å². The molecule has 40 heavy (non-hydrogen) atoms. The molecule has 2 heterocycles. The first-order chi connectivity index (χ1) is 19.2. The van der Waals surface area contributed by atoms with E-state index in [9.17, 15) is 12.8 Å². The first-order valence-electron chi connectivity index (χ1n) is 12.1. The lowest BCUT2D eigenvalue weighted by Gasteiger charge is -2.12. The zero-order valence-electron chi connectivity index (χ0n) is 21.3. The molecule has 0 fully saturated rings. The summed E-state index contributed by atoms with van der Waals surface area (Å²) in [6.07, 6.45) is 2.69. The molecule has 0 spiro atoms. The monoisotopic (exact) mass is 642 g/mol. The van der Waals surface area contributed by atoms with Crippen LogP contribution in [0.3, 0.4) is 0 Å². The number of aromatic nitrogens is 3. The molecule has 5 aromatic rings. The highest BCUT2D eigenvalue weighted by Crippen LogP contribution is 2.33. The molecule has 12 heteroatoms. The Hall–Kier alpha value is -3.45. The van der Waals surface area contributed by atoms with E-state index in [1.54, 1.807) is 6.07 Å². The minimum atomic E-state index is -3.06. The predicted molar refractivity (Wildman–Crippen MR) is 158 cm³/mol. The number of thiazole rings is 1. The Kier molecular flexibility index (Phi) is 8.69. The van der Waals surface area contributed by atoms with Gasteiger partial charge in [-0.05, 0) is 64.0 Å². The van der Waals surface area contributed by atoms with Gasteiger partial charge in [-0.3, -0.25) is 0 Å². The van der Waals surface area contributed by atoms with E-state index < -0.39 is 9.84 Å². The number of sulfone groups is 1. The van der Waals surface area contributed by atoms with Crippen LogP contribution in [-0.4, -0.2) is 42.0 Å². The van der Waals surface area contributed by atoms with Crippen LogP contribution in [0.25, 0.3) is 22.2 Å². The zero-order valence-corrected chi connectivity index (χ0v) is 24.5. The molecule has 8 nitrogen and oxygen atoms in total. The van der Waals surface area contributed by atoms with Gasteiger partial charge in [-0.25, -0.2) is 27.8 Å². The van der Waals surface area contributed by atoms with Crippen LogP contribution in [0.4, 0.5) is 15.9 Å². The Morgan fingerprint density at radius 1 is 1.05 bits per heavy atom. The summed E-state index contributed by atoms with van der Waals surface area (Å²) < 4.78 is 48.1. The topological polar surface area (TPSA) is 103 Å². The van der Waals surface area contributed by atoms with Crippen molar-refractivity contribution < 1.29 is 22.3 Å². The SMILES string of the molecule is CS(=O)(=O)CCOCc1nc(-c2ccc3ncnc(Nc4ccc(OCc5cccc(F)c5)c(Br)c4)c3c2)cs1. The van der Waals surface area contributed by atoms with E-state index in [-0.39, 0.29) is 31.4 Å². The van der Waals surface area contributed by atoms with Crippen molar-refractivity contribution >= 4 is 59.5 Å². The molecule has 1 N–H and O–H groups in total. The van der Waals surface area contributed by atoms with E-state index in [0.29, 0.717) is 11.6 Å². The Morgan fingerprint density at radius 2 is 1.93 bits per heavy atom. The number of nitrogens with one attached hydrogen (secondary N) is 1. The van der Waals surface area contributed by atoms with Crippen molar-refractivity contribution in [2.24, 2.45) is 0 Å². The Bertz CT molecular complexity index is 1760. The molecular weight excluding hydrogens is 619 g/mol. The highest BCUT2D eigenvalue weighted by atomic mass is 79.9. The molecule has 5 rings (SSSR count). The second-order valence-corrected chi connectivity index (χ2v) is 13.0. The van der Waals surface area contributed by atoms with Crippen molar-refractivity contribution in [3.8, 4) is 17.0 Å². The normalized spacial score (nSPS) is 11.6. The van der Waals surface area contributed by atoms with Crippen molar-refractivity contribution in [1.29, 1.82) is 0 Å². The number of nitrogens with zero attached hydrogens (tertiary/aromatic N) is 3. The molecule has 0 atom stereocenters. The van der Waals surface area contributed by atoms with E-state index in [0.717, 1.165) is 42.9 Å². The quantitative estimate of drug-likeness (QED) is 0.162. The van der Waals surface area contributed by atoms with E-state index in [4.69, 9.17) is 9.47 Å². The maximum absolute atomic E-state index is 13.4. The molecule has 0 unspecified atom stereocenters. The van der Waals surface area contributed by atoms with E-state index in [1.165, 1.54) is 36.1 Å². The van der Waals surface area contributed by atoms with Gasteiger partial charge in [0.1, 0.15) is 45.2 Å². The van der Waals surface area contributed by atoms with E-state index in [1.807, 2.05) is 47.8 Å². The van der Waals surface area contributed by atoms with Gasteiger partial charge < -0.3 is 14.8 Å². The Labute approximate surface area is 243 Å². The number of hydrogen-bond acceptors (Lipinski definition) is 9. The first-order valence-corrected chi connectivity index (χ1v) is 15.9. The molecule has 3 aromatic carbocycles. The standard InChI is InChI=1S/C28H24BrFN4O4S2/c1-40(35,36)10-9-37-15-27-34-25(16-39-27)19-5-7-24-22(12-19)28(32-17-31-24)33-21-6-8-26(23(29)13-21)38-14-18-3-2-4-20(30)11-18/h2-8,11-13,16-17H,9-10,14-15H2,1H3,(H,31,32,33). The summed E-state index contributed by atoms with van der Waals surface area (Å²) in [6, 6.07) is 17.7. The van der Waals surface area contributed by atoms with Crippen LogP contribution in [0, 0.1) is 5.82 Å². The van der Waals surface area contributed by atoms with Crippen molar-refractivity contribution in [3.63, 3.8) is 0 Å². The molecule has 0 amide bonds. The summed E-state index contributed by atoms with van der Waals surface area (Å²) in [6.45, 7) is 0.625. The lowest BCUT2D eigenvalue weighted by molar-refractivity contribution is 0.135. The summed E-state index contributed by atoms with van der Waals surface area (Å²) in [7, 11) is -3.06. The van der Waals surface area contributed by atoms with Gasteiger partial charge >= 0.3 is 0 Å². The van der Waals surface area contributed by atoms with Crippen molar-refractivity contribution in [3.05, 3.63) is 93.2 Å². The smallest absolute Gasteiger partial charge is 0.149 e. The average Bonchev–Trinajstić information content (AvgIpc) is 3.39. The van der Waals surface area contributed by atoms with Crippen LogP contribution < -0.4 is 10.1 Å². The number of ether oxygens (including phenoxy) is 2. The minimum Gasteiger partial charge on any atom is -0.488 e. The van der Waals surface area contributed by atoms with Gasteiger partial charge in [0, 0.05) is 28.3 Å². The highest BCUT2D eigenvalue weighted by molar-refractivity contribution is 9.10. The number of anilines is 2. The van der Waals surface area contributed by atoms with Gasteiger partial charge in [-0.15, -0.1) is 11.3 Å². The average molecular weight is 644 g/mol. The molecular formula is C28H24BrFN4O4S2. The fraction of sp³-hybridized carbons (Fsp3) is 0.179. The second-order valence-electron chi connectivity index (χ2n) is 8.95. The third-order valence-electron chi connectivity index (χ3n) is 5.78. The third kappa shape index (κ3) is 7.39. The maximum atomic E-state index is 13.4. The van der Waals surface area contributed by atoms with E-state index in [2.05, 4.69) is 36.2 Å². The van der Waals surface area contributed by atoms with Crippen molar-refractivity contribution in [1.82, 2.24) is 15.0 Å². The largest absolute Gasteiger partial charge is 0.488 e. The number of hydrogen-bond donors (Lipinski definition) is 1. The Balaban J connectivity index is 1.29. The maximum Gasteiger partial charge on any atom is 0.149 e. The zero-order chi connectivity index (χ0) is 28.1. The van der Waals surface area contributed by atoms with E-state index >= 15 is 0 Å². The fourth-order valence-corrected chi connectivity index (χ4v) is 5.47. The van der Waals surface area contributed by atoms with Crippen LogP contribution in [0.1, 0.15) is 10.6 Å². The summed E-state index contributed by atoms with van der Waals surface area (Å²) in [4.78, 5) is 13.5. The highest BCUT2D eigenvalue weighted by Gasteiger charge is 2.11. The summed E-state index contributed by atoms with van der Waals surface area (Å²) in [5.41, 5.74) is 3.98. The molecule has 0 aliphatic rings. The molecule has 0 bridgehead atoms. The predicted octanol–water partition coefficient (Wildman–Crippen LogP) is 6.54. The van der Waals surface area contributed by atoms with Gasteiger partial charge in [-0.1, -0.05) is 18.2 Å². The molecule has 206 valence electrons. The second kappa shape index (κ2) is 12.4. The minimum absolute atomic E-state index is 0.0209. The molecule has 0 aliphatic carbocycles. The number of fused-ring (bicyclic) bond motifs is 1. The van der Waals surface area contributed by atoms with Crippen LogP contribution in [0.5, 0.6) is 5.75 Å². The van der Waals surface area contributed by atoms with Gasteiger partial charge in [-0.2, -0.15) is 0 Å². The number of rotatable bonds is 11. The first kappa shape index (κ1) is 28.1. The molecule has 0 aliphatic heterocycles. The lowest BCUT2D eigenvalue weighted by Crippen LogP contribution is -2.09. The summed E-state index contributed by atoms with van der Waals surface area (Å²) in [5, 5.41) is 6.87. The summed E-state index contributed by atoms with van der Waals surface area (Å²) >= 11 is 5.01. The van der Waals surface area contributed by atoms with Crippen molar-refractivity contribution in [2.45, 2.75) is 13.2 Å². The van der Waals surface area contributed by atoms with Gasteiger partial charge in [0.2, 0.25) is 0 Å². The molecule has 0 saturated carbocycles. The van der Waals surface area contributed by atoms with Crippen LogP contribution in [0.15, 0.2) is 76.8 Å². The van der Waals surface area contributed by atoms with Gasteiger partial charge in [0.25, 0.3) is 0 Å². The number of benzene rings is 3. The molecule has 0 radical (unpaired) electrons. The fourth-order valence-electron chi connectivity index (χ4n) is 3.82. The van der Waals surface area contributed by atoms with Crippen molar-refractivity contribution in [2.75, 3.05) is 23.9 Å². The molecule has 0 saturated heterocycles.